The number of fused-ring (bicyclic) bond motifs is 1. The van der Waals surface area contributed by atoms with Crippen molar-refractivity contribution < 1.29 is 21.9 Å². The fourth-order valence-electron chi connectivity index (χ4n) is 4.85. The first kappa shape index (κ1) is 24.7. The van der Waals surface area contributed by atoms with Gasteiger partial charge in [-0.1, -0.05) is 24.8 Å². The number of benzene rings is 2. The minimum Gasteiger partial charge on any atom is -0.376 e. The number of sulfonamides is 1. The van der Waals surface area contributed by atoms with Crippen molar-refractivity contribution in [3.63, 3.8) is 0 Å². The second-order valence-electron chi connectivity index (χ2n) is 9.39. The summed E-state index contributed by atoms with van der Waals surface area (Å²) in [5, 5.41) is 0.583. The van der Waals surface area contributed by atoms with Gasteiger partial charge in [-0.15, -0.1) is 0 Å². The molecule has 2 atom stereocenters. The predicted octanol–water partition coefficient (Wildman–Crippen LogP) is 5.21. The average molecular weight is 522 g/mol. The van der Waals surface area contributed by atoms with Crippen LogP contribution in [0.25, 0.3) is 11.0 Å². The van der Waals surface area contributed by atoms with Gasteiger partial charge in [0, 0.05) is 31.0 Å². The van der Waals surface area contributed by atoms with Crippen molar-refractivity contribution in [3.05, 3.63) is 53.6 Å². The number of piperidine rings is 1. The normalized spacial score (nSPS) is 21.7. The summed E-state index contributed by atoms with van der Waals surface area (Å²) in [5.74, 6) is -0.786. The SMILES string of the molecule is C[C@@H]1CCCN(S(=O)(=O)c2ccc3c(c2)nc(SCc2c(F)cccc2F)n3C[C@@H]2CCCO2)C1. The summed E-state index contributed by atoms with van der Waals surface area (Å²) in [6.07, 6.45) is 3.81. The molecular weight excluding hydrogens is 492 g/mol. The average Bonchev–Trinajstić information content (AvgIpc) is 3.47. The van der Waals surface area contributed by atoms with Gasteiger partial charge in [-0.3, -0.25) is 0 Å². The highest BCUT2D eigenvalue weighted by Gasteiger charge is 2.29. The van der Waals surface area contributed by atoms with Crippen molar-refractivity contribution >= 4 is 32.8 Å². The number of imidazole rings is 1. The number of halogens is 2. The van der Waals surface area contributed by atoms with Crippen molar-refractivity contribution in [1.29, 1.82) is 0 Å². The minimum atomic E-state index is -3.63. The fourth-order valence-corrected chi connectivity index (χ4v) is 7.51. The number of ether oxygens (including phenoxy) is 1. The summed E-state index contributed by atoms with van der Waals surface area (Å²) in [7, 11) is -3.63. The van der Waals surface area contributed by atoms with Crippen molar-refractivity contribution in [3.8, 4) is 0 Å². The first-order chi connectivity index (χ1) is 16.8. The van der Waals surface area contributed by atoms with Gasteiger partial charge in [0.15, 0.2) is 5.16 Å². The maximum atomic E-state index is 14.2. The van der Waals surface area contributed by atoms with Gasteiger partial charge < -0.3 is 9.30 Å². The Morgan fingerprint density at radius 3 is 2.66 bits per heavy atom. The largest absolute Gasteiger partial charge is 0.376 e. The Hall–Kier alpha value is -2.01. The quantitative estimate of drug-likeness (QED) is 0.400. The Morgan fingerprint density at radius 1 is 1.14 bits per heavy atom. The highest BCUT2D eigenvalue weighted by molar-refractivity contribution is 7.98. The molecule has 2 aromatic carbocycles. The minimum absolute atomic E-state index is 0.00397. The summed E-state index contributed by atoms with van der Waals surface area (Å²) < 4.78 is 64.4. The molecule has 0 spiro atoms. The van der Waals surface area contributed by atoms with E-state index in [1.807, 2.05) is 4.57 Å². The lowest BCUT2D eigenvalue weighted by Crippen LogP contribution is -2.39. The number of thioether (sulfide) groups is 1. The van der Waals surface area contributed by atoms with Crippen LogP contribution < -0.4 is 0 Å². The zero-order valence-electron chi connectivity index (χ0n) is 19.6. The molecule has 10 heteroatoms. The summed E-state index contributed by atoms with van der Waals surface area (Å²) in [4.78, 5) is 4.93. The molecule has 35 heavy (non-hydrogen) atoms. The van der Waals surface area contributed by atoms with Crippen LogP contribution in [0.15, 0.2) is 46.5 Å². The highest BCUT2D eigenvalue weighted by Crippen LogP contribution is 2.32. The van der Waals surface area contributed by atoms with Crippen LogP contribution in [0.4, 0.5) is 8.78 Å². The van der Waals surface area contributed by atoms with E-state index in [1.165, 1.54) is 30.0 Å². The molecule has 0 aliphatic carbocycles. The van der Waals surface area contributed by atoms with Crippen LogP contribution >= 0.6 is 11.8 Å². The van der Waals surface area contributed by atoms with E-state index >= 15 is 0 Å². The van der Waals surface area contributed by atoms with Gasteiger partial charge in [0.2, 0.25) is 10.0 Å². The molecule has 2 aliphatic heterocycles. The second-order valence-corrected chi connectivity index (χ2v) is 12.3. The molecule has 6 nitrogen and oxygen atoms in total. The van der Waals surface area contributed by atoms with Crippen LogP contribution in [0.3, 0.4) is 0 Å². The van der Waals surface area contributed by atoms with E-state index in [-0.39, 0.29) is 22.3 Å². The smallest absolute Gasteiger partial charge is 0.243 e. The molecule has 0 unspecified atom stereocenters. The monoisotopic (exact) mass is 521 g/mol. The Kier molecular flexibility index (Phi) is 7.16. The number of hydrogen-bond acceptors (Lipinski definition) is 5. The molecule has 188 valence electrons. The van der Waals surface area contributed by atoms with Crippen molar-refractivity contribution in [2.24, 2.45) is 5.92 Å². The third kappa shape index (κ3) is 5.12. The lowest BCUT2D eigenvalue weighted by molar-refractivity contribution is 0.0960. The molecular formula is C25H29F2N3O3S2. The zero-order valence-corrected chi connectivity index (χ0v) is 21.3. The molecule has 0 N–H and O–H groups in total. The summed E-state index contributed by atoms with van der Waals surface area (Å²) in [6.45, 7) is 4.36. The molecule has 0 amide bonds. The van der Waals surface area contributed by atoms with E-state index in [2.05, 4.69) is 6.92 Å². The maximum absolute atomic E-state index is 14.2. The van der Waals surface area contributed by atoms with Gasteiger partial charge in [-0.2, -0.15) is 4.31 Å². The van der Waals surface area contributed by atoms with Gasteiger partial charge >= 0.3 is 0 Å². The lowest BCUT2D eigenvalue weighted by atomic mass is 10.0. The van der Waals surface area contributed by atoms with E-state index in [4.69, 9.17) is 9.72 Å². The molecule has 0 bridgehead atoms. The maximum Gasteiger partial charge on any atom is 0.243 e. The van der Waals surface area contributed by atoms with Crippen LogP contribution in [0, 0.1) is 17.6 Å². The Bertz CT molecular complexity index is 1300. The first-order valence-corrected chi connectivity index (χ1v) is 14.4. The van der Waals surface area contributed by atoms with E-state index in [0.29, 0.717) is 42.8 Å². The molecule has 3 heterocycles. The van der Waals surface area contributed by atoms with E-state index in [1.54, 1.807) is 22.5 Å². The van der Waals surface area contributed by atoms with Gasteiger partial charge in [0.25, 0.3) is 0 Å². The number of rotatable bonds is 7. The third-order valence-corrected chi connectivity index (χ3v) is 9.62. The standard InChI is InChI=1S/C25H29F2N3O3S2/c1-17-5-3-11-29(14-17)35(31,32)19-9-10-24-23(13-19)28-25(30(24)15-18-6-4-12-33-18)34-16-20-21(26)7-2-8-22(20)27/h2,7-10,13,17-18H,3-6,11-12,14-16H2,1H3/t17-,18+/m1/s1. The lowest BCUT2D eigenvalue weighted by Gasteiger charge is -2.30. The number of nitrogens with zero attached hydrogens (tertiary/aromatic N) is 3. The molecule has 0 radical (unpaired) electrons. The molecule has 1 aromatic heterocycles. The number of aromatic nitrogens is 2. The van der Waals surface area contributed by atoms with Crippen molar-refractivity contribution in [1.82, 2.24) is 13.9 Å². The van der Waals surface area contributed by atoms with Crippen LogP contribution in [0.2, 0.25) is 0 Å². The van der Waals surface area contributed by atoms with Crippen LogP contribution in [-0.2, 0) is 27.1 Å². The molecule has 5 rings (SSSR count). The Balaban J connectivity index is 1.49. The molecule has 2 saturated heterocycles. The second kappa shape index (κ2) is 10.2. The summed E-state index contributed by atoms with van der Waals surface area (Å²) in [6, 6.07) is 8.86. The Labute approximate surface area is 208 Å². The van der Waals surface area contributed by atoms with E-state index < -0.39 is 21.7 Å². The van der Waals surface area contributed by atoms with Gasteiger partial charge in [0.1, 0.15) is 11.6 Å². The summed E-state index contributed by atoms with van der Waals surface area (Å²) >= 11 is 1.24. The van der Waals surface area contributed by atoms with Crippen molar-refractivity contribution in [2.45, 2.75) is 61.1 Å². The fraction of sp³-hybridized carbons (Fsp3) is 0.480. The molecule has 2 aliphatic rings. The molecule has 3 aromatic rings. The highest BCUT2D eigenvalue weighted by atomic mass is 32.2. The third-order valence-electron chi connectivity index (χ3n) is 6.76. The van der Waals surface area contributed by atoms with Crippen molar-refractivity contribution in [2.75, 3.05) is 19.7 Å². The van der Waals surface area contributed by atoms with Gasteiger partial charge in [-0.25, -0.2) is 22.2 Å². The van der Waals surface area contributed by atoms with Gasteiger partial charge in [-0.05, 0) is 61.9 Å². The summed E-state index contributed by atoms with van der Waals surface area (Å²) in [5.41, 5.74) is 1.32. The van der Waals surface area contributed by atoms with Crippen LogP contribution in [-0.4, -0.2) is 48.1 Å². The Morgan fingerprint density at radius 2 is 1.94 bits per heavy atom. The van der Waals surface area contributed by atoms with Gasteiger partial charge in [0.05, 0.1) is 28.6 Å². The van der Waals surface area contributed by atoms with Crippen LogP contribution in [0.5, 0.6) is 0 Å². The molecule has 2 fully saturated rings. The molecule has 0 saturated carbocycles. The topological polar surface area (TPSA) is 64.4 Å². The van der Waals surface area contributed by atoms with E-state index in [9.17, 15) is 17.2 Å². The zero-order chi connectivity index (χ0) is 24.6. The van der Waals surface area contributed by atoms with E-state index in [0.717, 1.165) is 31.2 Å². The number of hydrogen-bond donors (Lipinski definition) is 0. The van der Waals surface area contributed by atoms with Crippen LogP contribution in [0.1, 0.15) is 38.2 Å². The predicted molar refractivity (Wildman–Crippen MR) is 132 cm³/mol. The first-order valence-electron chi connectivity index (χ1n) is 12.0.